The van der Waals surface area contributed by atoms with Crippen LogP contribution in [0.4, 0.5) is 13.2 Å². The van der Waals surface area contributed by atoms with Gasteiger partial charge in [-0.2, -0.15) is 13.2 Å². The quantitative estimate of drug-likeness (QED) is 0.683. The fourth-order valence-corrected chi connectivity index (χ4v) is 3.62. The first-order valence-corrected chi connectivity index (χ1v) is 9.86. The lowest BCUT2D eigenvalue weighted by Gasteiger charge is -2.19. The van der Waals surface area contributed by atoms with E-state index in [0.29, 0.717) is 11.5 Å². The van der Waals surface area contributed by atoms with Crippen molar-refractivity contribution in [2.75, 3.05) is 39.0 Å². The fourth-order valence-electron chi connectivity index (χ4n) is 3.19. The minimum Gasteiger partial charge on any atom is -0.380 e. The lowest BCUT2D eigenvalue weighted by molar-refractivity contribution is -0.0327. The van der Waals surface area contributed by atoms with E-state index in [1.807, 2.05) is 20.2 Å². The van der Waals surface area contributed by atoms with Crippen molar-refractivity contribution in [1.29, 1.82) is 0 Å². The van der Waals surface area contributed by atoms with Crippen LogP contribution in [0, 0.1) is 12.8 Å². The summed E-state index contributed by atoms with van der Waals surface area (Å²) in [5.41, 5.74) is -3.04. The molecule has 0 radical (unpaired) electrons. The van der Waals surface area contributed by atoms with E-state index in [1.165, 1.54) is 0 Å². The Kier molecular flexibility index (Phi) is 7.61. The lowest BCUT2D eigenvalue weighted by atomic mass is 10.0. The number of nitrogens with one attached hydrogen (secondary N) is 2. The van der Waals surface area contributed by atoms with Gasteiger partial charge >= 0.3 is 5.51 Å². The summed E-state index contributed by atoms with van der Waals surface area (Å²) in [5, 5.41) is 7.59. The topological polar surface area (TPSA) is 44.4 Å². The highest BCUT2D eigenvalue weighted by atomic mass is 32.2. The minimum absolute atomic E-state index is 0.0395. The van der Waals surface area contributed by atoms with Gasteiger partial charge in [0, 0.05) is 42.9 Å². The molecule has 1 atom stereocenters. The number of alkyl halides is 3. The van der Waals surface area contributed by atoms with E-state index in [0.717, 1.165) is 42.1 Å². The standard InChI is InChI=1S/C19H26F3N3OS/c1-13-4-5-16(18(26)24-8-9-27-19(20,21)22)14(2)17(13)12-25(3)11-15-6-7-23-10-15/h4-5,12,15,23H,1,6-11H2,2-3H3,(H,24,26)/b17-12+. The van der Waals surface area contributed by atoms with Crippen LogP contribution in [-0.4, -0.2) is 55.3 Å². The Bertz CT molecular complexity index is 761. The molecule has 27 heavy (non-hydrogen) atoms. The molecule has 1 unspecified atom stereocenters. The molecular formula is C19H26F3N3OS. The minimum atomic E-state index is -4.28. The zero-order valence-electron chi connectivity index (χ0n) is 15.7. The Balaban J connectivity index is 2.08. The number of hydrogen-bond acceptors (Lipinski definition) is 4. The first-order chi connectivity index (χ1) is 12.7. The smallest absolute Gasteiger partial charge is 0.380 e. The predicted molar refractivity (Wildman–Crippen MR) is 105 cm³/mol. The molecule has 1 heterocycles. The average Bonchev–Trinajstić information content (AvgIpc) is 3.07. The van der Waals surface area contributed by atoms with E-state index in [2.05, 4.69) is 22.1 Å². The molecule has 1 aliphatic rings. The second-order valence-corrected chi connectivity index (χ2v) is 7.95. The molecule has 0 saturated carbocycles. The molecule has 2 N–H and O–H groups in total. The summed E-state index contributed by atoms with van der Waals surface area (Å²) in [5.74, 6) is 0.0174. The Morgan fingerprint density at radius 3 is 2.85 bits per heavy atom. The largest absolute Gasteiger partial charge is 0.441 e. The van der Waals surface area contributed by atoms with E-state index < -0.39 is 5.51 Å². The van der Waals surface area contributed by atoms with Crippen molar-refractivity contribution in [2.45, 2.75) is 18.9 Å². The van der Waals surface area contributed by atoms with Gasteiger partial charge in [0.2, 0.25) is 0 Å². The first-order valence-electron chi connectivity index (χ1n) is 8.87. The van der Waals surface area contributed by atoms with Gasteiger partial charge in [0.25, 0.3) is 5.91 Å². The number of carbonyl (C=O) groups excluding carboxylic acids is 1. The Labute approximate surface area is 161 Å². The van der Waals surface area contributed by atoms with E-state index in [9.17, 15) is 18.0 Å². The van der Waals surface area contributed by atoms with Crippen LogP contribution in [0.5, 0.6) is 0 Å². The molecule has 1 amide bonds. The highest BCUT2D eigenvalue weighted by molar-refractivity contribution is 8.00. The molecule has 8 heteroatoms. The van der Waals surface area contributed by atoms with Crippen molar-refractivity contribution in [2.24, 2.45) is 5.92 Å². The van der Waals surface area contributed by atoms with Crippen LogP contribution in [0.3, 0.4) is 0 Å². The third kappa shape index (κ3) is 6.77. The second-order valence-electron chi connectivity index (χ2n) is 6.79. The van der Waals surface area contributed by atoms with Gasteiger partial charge in [0.05, 0.1) is 0 Å². The molecule has 1 aromatic rings. The maximum atomic E-state index is 12.4. The molecule has 0 aromatic heterocycles. The highest BCUT2D eigenvalue weighted by Gasteiger charge is 2.27. The third-order valence-electron chi connectivity index (χ3n) is 4.56. The summed E-state index contributed by atoms with van der Waals surface area (Å²) in [4.78, 5) is 14.5. The molecule has 150 valence electrons. The van der Waals surface area contributed by atoms with E-state index in [1.54, 1.807) is 12.1 Å². The molecule has 1 fully saturated rings. The number of rotatable bonds is 7. The highest BCUT2D eigenvalue weighted by Crippen LogP contribution is 2.29. The van der Waals surface area contributed by atoms with Crippen LogP contribution in [0.1, 0.15) is 22.3 Å². The molecule has 1 aliphatic heterocycles. The van der Waals surface area contributed by atoms with Crippen molar-refractivity contribution in [1.82, 2.24) is 15.5 Å². The average molecular weight is 401 g/mol. The van der Waals surface area contributed by atoms with Gasteiger partial charge in [-0.3, -0.25) is 4.79 Å². The summed E-state index contributed by atoms with van der Waals surface area (Å²) in [6.45, 7) is 8.80. The zero-order valence-corrected chi connectivity index (χ0v) is 16.5. The number of thioether (sulfide) groups is 1. The summed E-state index contributed by atoms with van der Waals surface area (Å²) < 4.78 is 36.5. The van der Waals surface area contributed by atoms with Crippen LogP contribution in [0.15, 0.2) is 12.1 Å². The lowest BCUT2D eigenvalue weighted by Crippen LogP contribution is -2.35. The van der Waals surface area contributed by atoms with Crippen LogP contribution in [0.25, 0.3) is 12.8 Å². The number of nitrogens with zero attached hydrogens (tertiary/aromatic N) is 1. The molecular weight excluding hydrogens is 375 g/mol. The summed E-state index contributed by atoms with van der Waals surface area (Å²) in [6, 6.07) is 3.44. The van der Waals surface area contributed by atoms with Gasteiger partial charge < -0.3 is 15.5 Å². The van der Waals surface area contributed by atoms with E-state index >= 15 is 0 Å². The summed E-state index contributed by atoms with van der Waals surface area (Å²) >= 11 is -0.139. The molecule has 4 nitrogen and oxygen atoms in total. The molecule has 0 spiro atoms. The Hall–Kier alpha value is -1.67. The van der Waals surface area contributed by atoms with Crippen LogP contribution in [-0.2, 0) is 0 Å². The number of halogens is 3. The van der Waals surface area contributed by atoms with Crippen molar-refractivity contribution >= 4 is 30.4 Å². The summed E-state index contributed by atoms with van der Waals surface area (Å²) in [6.07, 6.45) is 3.14. The summed E-state index contributed by atoms with van der Waals surface area (Å²) in [7, 11) is 2.00. The first kappa shape index (κ1) is 21.6. The normalized spacial score (nSPS) is 18.0. The van der Waals surface area contributed by atoms with Crippen LogP contribution >= 0.6 is 11.8 Å². The SMILES string of the molecule is C=c1ccc(C(=O)NCCSC(F)(F)F)c(C)/c1=C/N(C)CC1CCNC1. The molecule has 1 aromatic carbocycles. The van der Waals surface area contributed by atoms with Crippen LogP contribution in [0.2, 0.25) is 0 Å². The van der Waals surface area contributed by atoms with Gasteiger partial charge in [-0.05, 0) is 61.0 Å². The Morgan fingerprint density at radius 1 is 1.48 bits per heavy atom. The number of amides is 1. The van der Waals surface area contributed by atoms with Crippen LogP contribution < -0.4 is 21.1 Å². The third-order valence-corrected chi connectivity index (χ3v) is 5.30. The molecule has 0 aliphatic carbocycles. The van der Waals surface area contributed by atoms with E-state index in [-0.39, 0.29) is 30.0 Å². The zero-order chi connectivity index (χ0) is 20.0. The predicted octanol–water partition coefficient (Wildman–Crippen LogP) is 1.67. The Morgan fingerprint density at radius 2 is 2.22 bits per heavy atom. The van der Waals surface area contributed by atoms with Crippen molar-refractivity contribution in [3.05, 3.63) is 33.7 Å². The second kappa shape index (κ2) is 9.50. The number of carbonyl (C=O) groups is 1. The van der Waals surface area contributed by atoms with Gasteiger partial charge in [-0.1, -0.05) is 12.6 Å². The van der Waals surface area contributed by atoms with Gasteiger partial charge in [0.1, 0.15) is 0 Å². The van der Waals surface area contributed by atoms with Gasteiger partial charge in [-0.15, -0.1) is 0 Å². The monoisotopic (exact) mass is 401 g/mol. The van der Waals surface area contributed by atoms with Crippen molar-refractivity contribution in [3.63, 3.8) is 0 Å². The van der Waals surface area contributed by atoms with Crippen molar-refractivity contribution in [3.8, 4) is 0 Å². The molecule has 1 saturated heterocycles. The van der Waals surface area contributed by atoms with E-state index in [4.69, 9.17) is 0 Å². The number of hydrogen-bond donors (Lipinski definition) is 2. The van der Waals surface area contributed by atoms with Gasteiger partial charge in [0.15, 0.2) is 0 Å². The maximum absolute atomic E-state index is 12.4. The molecule has 2 rings (SSSR count). The number of benzene rings is 1. The van der Waals surface area contributed by atoms with Crippen molar-refractivity contribution < 1.29 is 18.0 Å². The van der Waals surface area contributed by atoms with Gasteiger partial charge in [-0.25, -0.2) is 0 Å². The molecule has 0 bridgehead atoms. The maximum Gasteiger partial charge on any atom is 0.441 e. The fraction of sp³-hybridized carbons (Fsp3) is 0.526.